The van der Waals surface area contributed by atoms with Crippen molar-refractivity contribution in [3.63, 3.8) is 0 Å². The van der Waals surface area contributed by atoms with Crippen LogP contribution in [0.5, 0.6) is 0 Å². The normalized spacial score (nSPS) is 12.2. The van der Waals surface area contributed by atoms with Gasteiger partial charge < -0.3 is 4.74 Å². The van der Waals surface area contributed by atoms with Crippen LogP contribution in [0.2, 0.25) is 5.02 Å². The second kappa shape index (κ2) is 8.49. The van der Waals surface area contributed by atoms with Gasteiger partial charge in [0.25, 0.3) is 0 Å². The average Bonchev–Trinajstić information content (AvgIpc) is 2.41. The molecule has 1 atom stereocenters. The molecule has 1 aromatic carbocycles. The Morgan fingerprint density at radius 2 is 2.16 bits per heavy atom. The molecule has 4 heteroatoms. The highest BCUT2D eigenvalue weighted by atomic mass is 35.5. The van der Waals surface area contributed by atoms with Crippen molar-refractivity contribution in [2.24, 2.45) is 5.92 Å². The second-order valence-corrected chi connectivity index (χ2v) is 5.60. The summed E-state index contributed by atoms with van der Waals surface area (Å²) >= 11 is 10.2. The zero-order valence-corrected chi connectivity index (χ0v) is 13.1. The molecule has 106 valence electrons. The van der Waals surface area contributed by atoms with Crippen LogP contribution in [0.25, 0.3) is 0 Å². The number of halogens is 1. The molecular weight excluding hydrogens is 280 g/mol. The maximum atomic E-state index is 12.0. The van der Waals surface area contributed by atoms with E-state index in [0.717, 1.165) is 19.3 Å². The van der Waals surface area contributed by atoms with Crippen LogP contribution in [0.1, 0.15) is 49.9 Å². The Morgan fingerprint density at radius 1 is 1.42 bits per heavy atom. The fourth-order valence-electron chi connectivity index (χ4n) is 1.84. The number of hydrogen-bond acceptors (Lipinski definition) is 3. The summed E-state index contributed by atoms with van der Waals surface area (Å²) in [6.07, 6.45) is 4.45. The Bertz CT molecular complexity index is 421. The van der Waals surface area contributed by atoms with Crippen LogP contribution < -0.4 is 0 Å². The SMILES string of the molecule is CCCCC(CC)COC(=O)c1cc(S)ccc1Cl. The van der Waals surface area contributed by atoms with E-state index in [1.54, 1.807) is 18.2 Å². The Kier molecular flexibility index (Phi) is 7.32. The molecule has 1 aromatic rings. The highest BCUT2D eigenvalue weighted by Crippen LogP contribution is 2.21. The highest BCUT2D eigenvalue weighted by Gasteiger charge is 2.14. The first kappa shape index (κ1) is 16.4. The van der Waals surface area contributed by atoms with Crippen molar-refractivity contribution in [2.75, 3.05) is 6.61 Å². The third kappa shape index (κ3) is 5.45. The van der Waals surface area contributed by atoms with Crippen LogP contribution in [-0.4, -0.2) is 12.6 Å². The minimum Gasteiger partial charge on any atom is -0.462 e. The van der Waals surface area contributed by atoms with Gasteiger partial charge in [-0.3, -0.25) is 0 Å². The molecule has 0 radical (unpaired) electrons. The largest absolute Gasteiger partial charge is 0.462 e. The summed E-state index contributed by atoms with van der Waals surface area (Å²) < 4.78 is 5.36. The summed E-state index contributed by atoms with van der Waals surface area (Å²) in [5, 5.41) is 0.407. The van der Waals surface area contributed by atoms with E-state index in [9.17, 15) is 4.79 Å². The van der Waals surface area contributed by atoms with Gasteiger partial charge >= 0.3 is 5.97 Å². The van der Waals surface area contributed by atoms with Gasteiger partial charge in [0.2, 0.25) is 0 Å². The molecule has 0 aliphatic rings. The molecule has 0 bridgehead atoms. The Morgan fingerprint density at radius 3 is 2.79 bits per heavy atom. The lowest BCUT2D eigenvalue weighted by molar-refractivity contribution is 0.0428. The standard InChI is InChI=1S/C15H21ClO2S/c1-3-5-6-11(4-2)10-18-15(17)13-9-12(19)7-8-14(13)16/h7-9,11,19H,3-6,10H2,1-2H3. The van der Waals surface area contributed by atoms with Crippen molar-refractivity contribution in [1.29, 1.82) is 0 Å². The molecular formula is C15H21ClO2S. The van der Waals surface area contributed by atoms with E-state index < -0.39 is 0 Å². The molecule has 1 unspecified atom stereocenters. The Balaban J connectivity index is 2.56. The number of rotatable bonds is 7. The molecule has 0 saturated carbocycles. The monoisotopic (exact) mass is 300 g/mol. The number of benzene rings is 1. The third-order valence-corrected chi connectivity index (χ3v) is 3.77. The molecule has 0 aromatic heterocycles. The minimum atomic E-state index is -0.365. The van der Waals surface area contributed by atoms with Gasteiger partial charge in [-0.05, 0) is 30.5 Å². The van der Waals surface area contributed by atoms with E-state index in [2.05, 4.69) is 26.5 Å². The number of carbonyl (C=O) groups is 1. The molecule has 0 aliphatic heterocycles. The maximum absolute atomic E-state index is 12.0. The number of carbonyl (C=O) groups excluding carboxylic acids is 1. The molecule has 1 rings (SSSR count). The van der Waals surface area contributed by atoms with E-state index in [1.165, 1.54) is 6.42 Å². The smallest absolute Gasteiger partial charge is 0.339 e. The molecule has 0 N–H and O–H groups in total. The quantitative estimate of drug-likeness (QED) is 0.566. The van der Waals surface area contributed by atoms with Gasteiger partial charge in [0.05, 0.1) is 17.2 Å². The second-order valence-electron chi connectivity index (χ2n) is 4.68. The number of esters is 1. The molecule has 0 heterocycles. The van der Waals surface area contributed by atoms with E-state index in [-0.39, 0.29) is 5.97 Å². The van der Waals surface area contributed by atoms with Crippen LogP contribution in [0.4, 0.5) is 0 Å². The Hall–Kier alpha value is -0.670. The topological polar surface area (TPSA) is 26.3 Å². The van der Waals surface area contributed by atoms with Crippen LogP contribution >= 0.6 is 24.2 Å². The van der Waals surface area contributed by atoms with Gasteiger partial charge in [0.15, 0.2) is 0 Å². The van der Waals surface area contributed by atoms with Gasteiger partial charge in [0.1, 0.15) is 0 Å². The number of hydrogen-bond donors (Lipinski definition) is 1. The van der Waals surface area contributed by atoms with Gasteiger partial charge in [-0.1, -0.05) is 44.7 Å². The molecule has 0 amide bonds. The summed E-state index contributed by atoms with van der Waals surface area (Å²) in [5.41, 5.74) is 0.388. The summed E-state index contributed by atoms with van der Waals surface area (Å²) in [4.78, 5) is 12.7. The molecule has 0 fully saturated rings. The van der Waals surface area contributed by atoms with Gasteiger partial charge in [-0.15, -0.1) is 12.6 Å². The first-order chi connectivity index (χ1) is 9.08. The predicted octanol–water partition coefficient (Wildman–Crippen LogP) is 5.00. The highest BCUT2D eigenvalue weighted by molar-refractivity contribution is 7.80. The summed E-state index contributed by atoms with van der Waals surface area (Å²) in [6.45, 7) is 4.74. The fraction of sp³-hybridized carbons (Fsp3) is 0.533. The van der Waals surface area contributed by atoms with Crippen LogP contribution in [0.3, 0.4) is 0 Å². The van der Waals surface area contributed by atoms with Crippen molar-refractivity contribution in [3.8, 4) is 0 Å². The van der Waals surface area contributed by atoms with Crippen molar-refractivity contribution in [2.45, 2.75) is 44.4 Å². The molecule has 0 aliphatic carbocycles. The number of thiol groups is 1. The van der Waals surface area contributed by atoms with E-state index in [4.69, 9.17) is 16.3 Å². The zero-order chi connectivity index (χ0) is 14.3. The van der Waals surface area contributed by atoms with Crippen molar-refractivity contribution in [3.05, 3.63) is 28.8 Å². The van der Waals surface area contributed by atoms with Crippen molar-refractivity contribution >= 4 is 30.2 Å². The van der Waals surface area contributed by atoms with E-state index in [0.29, 0.717) is 28.0 Å². The predicted molar refractivity (Wildman–Crippen MR) is 82.3 cm³/mol. The maximum Gasteiger partial charge on any atom is 0.339 e. The third-order valence-electron chi connectivity index (χ3n) is 3.16. The molecule has 0 spiro atoms. The summed E-state index contributed by atoms with van der Waals surface area (Å²) in [5.74, 6) is 0.0673. The first-order valence-electron chi connectivity index (χ1n) is 6.74. The van der Waals surface area contributed by atoms with E-state index in [1.807, 2.05) is 0 Å². The zero-order valence-electron chi connectivity index (χ0n) is 11.5. The van der Waals surface area contributed by atoms with Crippen LogP contribution in [-0.2, 0) is 4.74 Å². The molecule has 0 saturated heterocycles. The lowest BCUT2D eigenvalue weighted by Crippen LogP contribution is -2.14. The Labute approximate surface area is 125 Å². The van der Waals surface area contributed by atoms with Crippen LogP contribution in [0.15, 0.2) is 23.1 Å². The number of ether oxygens (including phenoxy) is 1. The average molecular weight is 301 g/mol. The van der Waals surface area contributed by atoms with Crippen molar-refractivity contribution < 1.29 is 9.53 Å². The van der Waals surface area contributed by atoms with E-state index >= 15 is 0 Å². The minimum absolute atomic E-state index is 0.365. The fourth-order valence-corrected chi connectivity index (χ4v) is 2.24. The lowest BCUT2D eigenvalue weighted by atomic mass is 10.0. The lowest BCUT2D eigenvalue weighted by Gasteiger charge is -2.15. The number of unbranched alkanes of at least 4 members (excludes halogenated alkanes) is 1. The summed E-state index contributed by atoms with van der Waals surface area (Å²) in [6, 6.07) is 5.05. The first-order valence-corrected chi connectivity index (χ1v) is 7.56. The van der Waals surface area contributed by atoms with Crippen LogP contribution in [0, 0.1) is 5.92 Å². The molecule has 2 nitrogen and oxygen atoms in total. The van der Waals surface area contributed by atoms with Gasteiger partial charge in [0, 0.05) is 4.90 Å². The summed E-state index contributed by atoms with van der Waals surface area (Å²) in [7, 11) is 0. The van der Waals surface area contributed by atoms with Gasteiger partial charge in [-0.2, -0.15) is 0 Å². The molecule has 19 heavy (non-hydrogen) atoms. The van der Waals surface area contributed by atoms with Gasteiger partial charge in [-0.25, -0.2) is 4.79 Å². The van der Waals surface area contributed by atoms with Crippen molar-refractivity contribution in [1.82, 2.24) is 0 Å².